The van der Waals surface area contributed by atoms with E-state index in [1.807, 2.05) is 24.3 Å². The molecule has 0 aliphatic carbocycles. The molecule has 1 fully saturated rings. The summed E-state index contributed by atoms with van der Waals surface area (Å²) in [5.41, 5.74) is 2.89. The van der Waals surface area contributed by atoms with Crippen LogP contribution in [0.5, 0.6) is 5.75 Å². The number of rotatable bonds is 9. The molecule has 0 amide bonds. The molecule has 1 aliphatic heterocycles. The largest absolute Gasteiger partial charge is 0.497 e. The minimum absolute atomic E-state index is 0.0787. The lowest BCUT2D eigenvalue weighted by molar-refractivity contribution is 0.0672. The second-order valence-electron chi connectivity index (χ2n) is 8.61. The highest BCUT2D eigenvalue weighted by Crippen LogP contribution is 2.30. The maximum Gasteiger partial charge on any atom is 0.123 e. The average molecular weight is 468 g/mol. The van der Waals surface area contributed by atoms with Gasteiger partial charge in [-0.15, -0.1) is 0 Å². The summed E-state index contributed by atoms with van der Waals surface area (Å²) in [6.07, 6.45) is -0.501. The van der Waals surface area contributed by atoms with Crippen molar-refractivity contribution in [2.75, 3.05) is 51.7 Å². The van der Waals surface area contributed by atoms with E-state index in [-0.39, 0.29) is 17.7 Å². The van der Waals surface area contributed by atoms with Crippen molar-refractivity contribution in [1.82, 2.24) is 9.80 Å². The third-order valence-electron chi connectivity index (χ3n) is 6.24. The second kappa shape index (κ2) is 11.4. The molecule has 3 aromatic carbocycles. The Morgan fingerprint density at radius 3 is 1.85 bits per heavy atom. The summed E-state index contributed by atoms with van der Waals surface area (Å²) >= 11 is 0. The Morgan fingerprint density at radius 1 is 0.824 bits per heavy atom. The molecule has 0 aromatic heterocycles. The summed E-state index contributed by atoms with van der Waals surface area (Å²) in [6, 6.07) is 20.6. The summed E-state index contributed by atoms with van der Waals surface area (Å²) in [5, 5.41) is 13.8. The molecule has 1 unspecified atom stereocenters. The summed E-state index contributed by atoms with van der Waals surface area (Å²) < 4.78 is 32.2. The lowest BCUT2D eigenvalue weighted by atomic mass is 9.96. The van der Waals surface area contributed by atoms with E-state index in [2.05, 4.69) is 15.1 Å². The molecule has 1 heterocycles. The SMILES string of the molecule is COc1ccc(NCC(O)CN2CCN(C(c3ccc(F)cc3)c3ccc(F)cc3)CC2)cc1. The van der Waals surface area contributed by atoms with Gasteiger partial charge >= 0.3 is 0 Å². The second-order valence-corrected chi connectivity index (χ2v) is 8.61. The van der Waals surface area contributed by atoms with Gasteiger partial charge in [0.05, 0.1) is 19.3 Å². The Balaban J connectivity index is 1.33. The zero-order valence-corrected chi connectivity index (χ0v) is 19.3. The van der Waals surface area contributed by atoms with E-state index in [1.165, 1.54) is 24.3 Å². The molecule has 0 spiro atoms. The number of halogens is 2. The van der Waals surface area contributed by atoms with Crippen LogP contribution in [0.4, 0.5) is 14.5 Å². The number of hydrogen-bond donors (Lipinski definition) is 2. The number of anilines is 1. The fraction of sp³-hybridized carbons (Fsp3) is 0.333. The van der Waals surface area contributed by atoms with E-state index in [4.69, 9.17) is 4.74 Å². The van der Waals surface area contributed by atoms with Gasteiger partial charge in [0.25, 0.3) is 0 Å². The van der Waals surface area contributed by atoms with Crippen LogP contribution in [0, 0.1) is 11.6 Å². The summed E-state index contributed by atoms with van der Waals surface area (Å²) in [5.74, 6) is 0.246. The highest BCUT2D eigenvalue weighted by atomic mass is 19.1. The lowest BCUT2D eigenvalue weighted by Gasteiger charge is -2.40. The fourth-order valence-corrected chi connectivity index (χ4v) is 4.42. The smallest absolute Gasteiger partial charge is 0.123 e. The van der Waals surface area contributed by atoms with Crippen LogP contribution in [0.3, 0.4) is 0 Å². The number of piperazine rings is 1. The summed E-state index contributed by atoms with van der Waals surface area (Å²) in [7, 11) is 1.63. The van der Waals surface area contributed by atoms with Crippen LogP contribution < -0.4 is 10.1 Å². The van der Waals surface area contributed by atoms with E-state index in [9.17, 15) is 13.9 Å². The highest BCUT2D eigenvalue weighted by Gasteiger charge is 2.27. The molecule has 34 heavy (non-hydrogen) atoms. The predicted molar refractivity (Wildman–Crippen MR) is 130 cm³/mol. The standard InChI is InChI=1S/C27H31F2N3O2/c1-34-26-12-10-24(11-13-26)30-18-25(33)19-31-14-16-32(17-15-31)27(20-2-6-22(28)7-3-20)21-4-8-23(29)9-5-21/h2-13,25,27,30,33H,14-19H2,1H3. The quantitative estimate of drug-likeness (QED) is 0.495. The van der Waals surface area contributed by atoms with E-state index < -0.39 is 6.10 Å². The molecule has 1 aliphatic rings. The molecule has 0 bridgehead atoms. The average Bonchev–Trinajstić information content (AvgIpc) is 2.86. The Morgan fingerprint density at radius 2 is 1.35 bits per heavy atom. The molecule has 7 heteroatoms. The van der Waals surface area contributed by atoms with Crippen molar-refractivity contribution >= 4 is 5.69 Å². The zero-order valence-electron chi connectivity index (χ0n) is 19.3. The van der Waals surface area contributed by atoms with E-state index >= 15 is 0 Å². The van der Waals surface area contributed by atoms with Crippen molar-refractivity contribution in [3.8, 4) is 5.75 Å². The minimum Gasteiger partial charge on any atom is -0.497 e. The Hall–Kier alpha value is -3.00. The maximum atomic E-state index is 13.5. The van der Waals surface area contributed by atoms with Gasteiger partial charge in [-0.2, -0.15) is 0 Å². The molecule has 4 rings (SSSR count). The molecule has 0 saturated carbocycles. The van der Waals surface area contributed by atoms with Gasteiger partial charge in [0.15, 0.2) is 0 Å². The van der Waals surface area contributed by atoms with Gasteiger partial charge < -0.3 is 15.2 Å². The molecule has 1 atom stereocenters. The first-order valence-corrected chi connectivity index (χ1v) is 11.5. The predicted octanol–water partition coefficient (Wildman–Crippen LogP) is 4.15. The normalized spacial score (nSPS) is 15.9. The zero-order chi connectivity index (χ0) is 23.9. The van der Waals surface area contributed by atoms with Crippen molar-refractivity contribution in [2.24, 2.45) is 0 Å². The number of hydrogen-bond acceptors (Lipinski definition) is 5. The minimum atomic E-state index is -0.501. The first kappa shape index (κ1) is 24.1. The van der Waals surface area contributed by atoms with Gasteiger partial charge in [0.2, 0.25) is 0 Å². The first-order valence-electron chi connectivity index (χ1n) is 11.5. The van der Waals surface area contributed by atoms with Crippen molar-refractivity contribution in [3.63, 3.8) is 0 Å². The van der Waals surface area contributed by atoms with E-state index in [0.717, 1.165) is 48.7 Å². The number of benzene rings is 3. The van der Waals surface area contributed by atoms with Crippen molar-refractivity contribution in [1.29, 1.82) is 0 Å². The number of methoxy groups -OCH3 is 1. The van der Waals surface area contributed by atoms with Crippen LogP contribution in [0.1, 0.15) is 17.2 Å². The Kier molecular flexibility index (Phi) is 8.11. The number of aliphatic hydroxyl groups is 1. The van der Waals surface area contributed by atoms with Gasteiger partial charge in [0.1, 0.15) is 17.4 Å². The number of nitrogens with one attached hydrogen (secondary N) is 1. The molecule has 180 valence electrons. The molecule has 2 N–H and O–H groups in total. The van der Waals surface area contributed by atoms with Gasteiger partial charge in [-0.1, -0.05) is 24.3 Å². The molecule has 5 nitrogen and oxygen atoms in total. The van der Waals surface area contributed by atoms with E-state index in [0.29, 0.717) is 13.1 Å². The topological polar surface area (TPSA) is 48.0 Å². The van der Waals surface area contributed by atoms with Crippen LogP contribution in [0.2, 0.25) is 0 Å². The number of β-amino-alcohol motifs (C(OH)–C–C–N with tert-alkyl or cyclic N) is 1. The highest BCUT2D eigenvalue weighted by molar-refractivity contribution is 5.46. The Labute approximate surface area is 199 Å². The van der Waals surface area contributed by atoms with Gasteiger partial charge in [-0.05, 0) is 59.7 Å². The van der Waals surface area contributed by atoms with Crippen LogP contribution in [0.15, 0.2) is 72.8 Å². The Bertz CT molecular complexity index is 976. The fourth-order valence-electron chi connectivity index (χ4n) is 4.42. The van der Waals surface area contributed by atoms with Gasteiger partial charge in [-0.25, -0.2) is 8.78 Å². The van der Waals surface area contributed by atoms with Crippen LogP contribution in [-0.4, -0.2) is 67.4 Å². The lowest BCUT2D eigenvalue weighted by Crippen LogP contribution is -2.50. The molecule has 1 saturated heterocycles. The molecule has 3 aromatic rings. The van der Waals surface area contributed by atoms with Gasteiger partial charge in [-0.3, -0.25) is 9.80 Å². The van der Waals surface area contributed by atoms with E-state index in [1.54, 1.807) is 31.4 Å². The summed E-state index contributed by atoms with van der Waals surface area (Å²) in [6.45, 7) is 4.22. The van der Waals surface area contributed by atoms with Crippen LogP contribution >= 0.6 is 0 Å². The third-order valence-corrected chi connectivity index (χ3v) is 6.24. The van der Waals surface area contributed by atoms with Crippen molar-refractivity contribution in [3.05, 3.63) is 95.6 Å². The number of ether oxygens (including phenoxy) is 1. The van der Waals surface area contributed by atoms with Gasteiger partial charge in [0, 0.05) is 45.0 Å². The molecule has 0 radical (unpaired) electrons. The molecular weight excluding hydrogens is 436 g/mol. The summed E-state index contributed by atoms with van der Waals surface area (Å²) in [4.78, 5) is 4.59. The third kappa shape index (κ3) is 6.32. The number of aliphatic hydroxyl groups excluding tert-OH is 1. The first-order chi connectivity index (χ1) is 16.5. The van der Waals surface area contributed by atoms with Crippen LogP contribution in [0.25, 0.3) is 0 Å². The molecular formula is C27H31F2N3O2. The van der Waals surface area contributed by atoms with Crippen molar-refractivity contribution < 1.29 is 18.6 Å². The number of nitrogens with zero attached hydrogens (tertiary/aromatic N) is 2. The van der Waals surface area contributed by atoms with Crippen LogP contribution in [-0.2, 0) is 0 Å². The van der Waals surface area contributed by atoms with Crippen molar-refractivity contribution in [2.45, 2.75) is 12.1 Å². The maximum absolute atomic E-state index is 13.5. The monoisotopic (exact) mass is 467 g/mol.